The Morgan fingerprint density at radius 1 is 1.31 bits per heavy atom. The van der Waals surface area contributed by atoms with Crippen LogP contribution in [0.3, 0.4) is 0 Å². The molecule has 1 saturated carbocycles. The number of fused-ring (bicyclic) bond motifs is 1. The summed E-state index contributed by atoms with van der Waals surface area (Å²) in [7, 11) is 0. The van der Waals surface area contributed by atoms with E-state index < -0.39 is 0 Å². The minimum atomic E-state index is -0.346. The second-order valence-corrected chi connectivity index (χ2v) is 7.30. The SMILES string of the molecule is CC1(C)C[C@@H]1C(=O)Nc1nc2ccc(C#N)cc2n1-c1ccc(F)cc1. The molecule has 6 heteroatoms. The van der Waals surface area contributed by atoms with Gasteiger partial charge in [0, 0.05) is 11.6 Å². The van der Waals surface area contributed by atoms with Gasteiger partial charge in [0.1, 0.15) is 5.82 Å². The van der Waals surface area contributed by atoms with Gasteiger partial charge < -0.3 is 0 Å². The lowest BCUT2D eigenvalue weighted by atomic mass is 10.1. The smallest absolute Gasteiger partial charge is 0.230 e. The largest absolute Gasteiger partial charge is 0.295 e. The summed E-state index contributed by atoms with van der Waals surface area (Å²) in [6.07, 6.45) is 0.841. The number of benzene rings is 2. The monoisotopic (exact) mass is 348 g/mol. The summed E-state index contributed by atoms with van der Waals surface area (Å²) in [6.45, 7) is 4.11. The molecule has 1 atom stereocenters. The first-order chi connectivity index (χ1) is 12.4. The number of amides is 1. The van der Waals surface area contributed by atoms with Crippen molar-refractivity contribution in [2.45, 2.75) is 20.3 Å². The van der Waals surface area contributed by atoms with Crippen molar-refractivity contribution in [3.8, 4) is 11.8 Å². The highest BCUT2D eigenvalue weighted by Gasteiger charge is 2.50. The van der Waals surface area contributed by atoms with Crippen LogP contribution in [-0.4, -0.2) is 15.5 Å². The van der Waals surface area contributed by atoms with Crippen molar-refractivity contribution in [1.82, 2.24) is 9.55 Å². The number of nitrogens with zero attached hydrogens (tertiary/aromatic N) is 3. The molecule has 0 radical (unpaired) electrons. The molecule has 1 fully saturated rings. The summed E-state index contributed by atoms with van der Waals surface area (Å²) in [5.41, 5.74) is 2.49. The molecule has 1 amide bonds. The summed E-state index contributed by atoms with van der Waals surface area (Å²) in [5, 5.41) is 12.1. The maximum Gasteiger partial charge on any atom is 0.230 e. The Morgan fingerprint density at radius 3 is 2.62 bits per heavy atom. The van der Waals surface area contributed by atoms with E-state index in [0.717, 1.165) is 6.42 Å². The lowest BCUT2D eigenvalue weighted by molar-refractivity contribution is -0.118. The molecule has 0 bridgehead atoms. The minimum Gasteiger partial charge on any atom is -0.295 e. The van der Waals surface area contributed by atoms with Crippen molar-refractivity contribution in [1.29, 1.82) is 5.26 Å². The molecule has 2 aromatic carbocycles. The first-order valence-corrected chi connectivity index (χ1v) is 8.38. The third-order valence-corrected chi connectivity index (χ3v) is 4.93. The molecule has 5 nitrogen and oxygen atoms in total. The highest BCUT2D eigenvalue weighted by Crippen LogP contribution is 2.52. The highest BCUT2D eigenvalue weighted by atomic mass is 19.1. The molecule has 1 aromatic heterocycles. The number of carbonyl (C=O) groups excluding carboxylic acids is 1. The number of halogens is 1. The van der Waals surface area contributed by atoms with Crippen LogP contribution >= 0.6 is 0 Å². The Bertz CT molecular complexity index is 1060. The zero-order valence-corrected chi connectivity index (χ0v) is 14.5. The minimum absolute atomic E-state index is 0.00474. The van der Waals surface area contributed by atoms with Crippen molar-refractivity contribution in [2.75, 3.05) is 5.32 Å². The number of nitrogens with one attached hydrogen (secondary N) is 1. The van der Waals surface area contributed by atoms with Gasteiger partial charge in [0.15, 0.2) is 0 Å². The van der Waals surface area contributed by atoms with Crippen LogP contribution in [0.2, 0.25) is 0 Å². The van der Waals surface area contributed by atoms with Crippen molar-refractivity contribution >= 4 is 22.9 Å². The van der Waals surface area contributed by atoms with Gasteiger partial charge in [-0.2, -0.15) is 5.26 Å². The number of rotatable bonds is 3. The van der Waals surface area contributed by atoms with Crippen molar-refractivity contribution in [3.63, 3.8) is 0 Å². The Labute approximate surface area is 150 Å². The quantitative estimate of drug-likeness (QED) is 0.777. The topological polar surface area (TPSA) is 70.7 Å². The van der Waals surface area contributed by atoms with Gasteiger partial charge in [0.05, 0.1) is 22.7 Å². The van der Waals surface area contributed by atoms with Crippen molar-refractivity contribution in [2.24, 2.45) is 11.3 Å². The van der Waals surface area contributed by atoms with E-state index in [1.165, 1.54) is 12.1 Å². The Morgan fingerprint density at radius 2 is 2.00 bits per heavy atom. The summed E-state index contributed by atoms with van der Waals surface area (Å²) >= 11 is 0. The first kappa shape index (κ1) is 16.3. The number of hydrogen-bond acceptors (Lipinski definition) is 3. The van der Waals surface area contributed by atoms with Crippen LogP contribution in [0, 0.1) is 28.5 Å². The lowest BCUT2D eigenvalue weighted by Gasteiger charge is -2.11. The fraction of sp³-hybridized carbons (Fsp3) is 0.250. The Hall–Kier alpha value is -3.20. The molecular weight excluding hydrogens is 331 g/mol. The van der Waals surface area contributed by atoms with Gasteiger partial charge in [-0.3, -0.25) is 14.7 Å². The second-order valence-electron chi connectivity index (χ2n) is 7.30. The number of imidazole rings is 1. The fourth-order valence-electron chi connectivity index (χ4n) is 3.19. The van der Waals surface area contributed by atoms with Gasteiger partial charge in [-0.05, 0) is 54.3 Å². The predicted molar refractivity (Wildman–Crippen MR) is 96.3 cm³/mol. The van der Waals surface area contributed by atoms with E-state index in [2.05, 4.69) is 30.2 Å². The number of aromatic nitrogens is 2. The summed E-state index contributed by atoms with van der Waals surface area (Å²) in [4.78, 5) is 17.1. The molecular formula is C20H17FN4O. The first-order valence-electron chi connectivity index (χ1n) is 8.38. The maximum absolute atomic E-state index is 13.3. The van der Waals surface area contributed by atoms with Crippen LogP contribution in [-0.2, 0) is 4.79 Å². The van der Waals surface area contributed by atoms with Crippen molar-refractivity contribution in [3.05, 3.63) is 53.8 Å². The molecule has 1 aliphatic carbocycles. The number of carbonyl (C=O) groups is 1. The van der Waals surface area contributed by atoms with E-state index in [9.17, 15) is 14.4 Å². The van der Waals surface area contributed by atoms with Gasteiger partial charge in [-0.1, -0.05) is 13.8 Å². The molecule has 1 N–H and O–H groups in total. The number of nitriles is 1. The molecule has 4 rings (SSSR count). The molecule has 1 heterocycles. The summed E-state index contributed by atoms with van der Waals surface area (Å²) < 4.78 is 15.1. The highest BCUT2D eigenvalue weighted by molar-refractivity contribution is 5.96. The maximum atomic E-state index is 13.3. The van der Waals surface area contributed by atoms with Gasteiger partial charge in [0.2, 0.25) is 11.9 Å². The van der Waals surface area contributed by atoms with Crippen LogP contribution in [0.15, 0.2) is 42.5 Å². The van der Waals surface area contributed by atoms with E-state index in [-0.39, 0.29) is 23.1 Å². The third-order valence-electron chi connectivity index (χ3n) is 4.93. The van der Waals surface area contributed by atoms with Gasteiger partial charge in [-0.25, -0.2) is 9.37 Å². The van der Waals surface area contributed by atoms with Crippen LogP contribution in [0.4, 0.5) is 10.3 Å². The normalized spacial score (nSPS) is 17.7. The molecule has 1 aliphatic rings. The van der Waals surface area contributed by atoms with Crippen LogP contribution in [0.1, 0.15) is 25.8 Å². The molecule has 26 heavy (non-hydrogen) atoms. The zero-order chi connectivity index (χ0) is 18.5. The lowest BCUT2D eigenvalue weighted by Crippen LogP contribution is -2.19. The Kier molecular flexibility index (Phi) is 3.55. The molecule has 0 spiro atoms. The zero-order valence-electron chi connectivity index (χ0n) is 14.5. The standard InChI is InChI=1S/C20H17FN4O/c1-20(2)10-15(20)18(26)24-19-23-16-8-3-12(11-22)9-17(16)25(19)14-6-4-13(21)5-7-14/h3-9,15H,10H2,1-2H3,(H,23,24,26)/t15-/m1/s1. The number of anilines is 1. The molecule has 0 unspecified atom stereocenters. The molecule has 0 aliphatic heterocycles. The van der Waals surface area contributed by atoms with E-state index >= 15 is 0 Å². The van der Waals surface area contributed by atoms with Gasteiger partial charge in [0.25, 0.3) is 0 Å². The van der Waals surface area contributed by atoms with Crippen molar-refractivity contribution < 1.29 is 9.18 Å². The fourth-order valence-corrected chi connectivity index (χ4v) is 3.19. The average molecular weight is 348 g/mol. The van der Waals surface area contributed by atoms with Crippen LogP contribution in [0.5, 0.6) is 0 Å². The van der Waals surface area contributed by atoms with Gasteiger partial charge in [-0.15, -0.1) is 0 Å². The van der Waals surface area contributed by atoms with Crippen LogP contribution < -0.4 is 5.32 Å². The molecule has 3 aromatic rings. The van der Waals surface area contributed by atoms with E-state index in [1.807, 2.05) is 0 Å². The predicted octanol–water partition coefficient (Wildman–Crippen LogP) is 4.02. The molecule has 130 valence electrons. The van der Waals surface area contributed by atoms with E-state index in [4.69, 9.17) is 0 Å². The van der Waals surface area contributed by atoms with E-state index in [0.29, 0.717) is 28.2 Å². The Balaban J connectivity index is 1.83. The van der Waals surface area contributed by atoms with Crippen LogP contribution in [0.25, 0.3) is 16.7 Å². The second kappa shape index (κ2) is 5.67. The number of hydrogen-bond donors (Lipinski definition) is 1. The average Bonchev–Trinajstić information content (AvgIpc) is 3.11. The molecule has 0 saturated heterocycles. The summed E-state index contributed by atoms with van der Waals surface area (Å²) in [5.74, 6) is -0.0941. The van der Waals surface area contributed by atoms with E-state index in [1.54, 1.807) is 34.9 Å². The van der Waals surface area contributed by atoms with Gasteiger partial charge >= 0.3 is 0 Å². The third kappa shape index (κ3) is 2.72. The summed E-state index contributed by atoms with van der Waals surface area (Å²) in [6, 6.07) is 13.2.